The van der Waals surface area contributed by atoms with Crippen LogP contribution in [-0.2, 0) is 6.54 Å². The first kappa shape index (κ1) is 11.2. The molecule has 1 aromatic carbocycles. The molecule has 0 bridgehead atoms. The molecule has 1 N–H and O–H groups in total. The lowest BCUT2D eigenvalue weighted by Gasteiger charge is -2.19. The van der Waals surface area contributed by atoms with Crippen molar-refractivity contribution in [2.24, 2.45) is 0 Å². The molecule has 0 unspecified atom stereocenters. The summed E-state index contributed by atoms with van der Waals surface area (Å²) in [6.07, 6.45) is 0. The Morgan fingerprint density at radius 3 is 2.69 bits per heavy atom. The van der Waals surface area contributed by atoms with Crippen LogP contribution in [-0.4, -0.2) is 38.9 Å². The third kappa shape index (κ3) is 2.87. The Hall–Kier alpha value is -1.26. The first-order chi connectivity index (χ1) is 7.75. The summed E-state index contributed by atoms with van der Waals surface area (Å²) in [7, 11) is 4.08. The van der Waals surface area contributed by atoms with E-state index in [1.54, 1.807) is 0 Å². The minimum absolute atomic E-state index is 0.640. The molecule has 4 heteroatoms. The molecule has 0 spiro atoms. The highest BCUT2D eigenvalue weighted by Gasteiger charge is 2.11. The van der Waals surface area contributed by atoms with Gasteiger partial charge in [0, 0.05) is 13.2 Å². The quantitative estimate of drug-likeness (QED) is 0.773. The Bertz CT molecular complexity index is 353. The van der Waals surface area contributed by atoms with Crippen molar-refractivity contribution in [2.75, 3.05) is 34.0 Å². The molecule has 4 nitrogen and oxygen atoms in total. The number of nitrogens with one attached hydrogen (secondary N) is 1. The molecule has 0 saturated carbocycles. The van der Waals surface area contributed by atoms with Crippen LogP contribution in [0.15, 0.2) is 18.2 Å². The van der Waals surface area contributed by atoms with Gasteiger partial charge < -0.3 is 14.8 Å². The smallest absolute Gasteiger partial charge is 0.161 e. The van der Waals surface area contributed by atoms with Gasteiger partial charge in [0.05, 0.1) is 0 Å². The first-order valence-electron chi connectivity index (χ1n) is 5.49. The number of ether oxygens (including phenoxy) is 2. The van der Waals surface area contributed by atoms with Crippen molar-refractivity contribution in [1.29, 1.82) is 0 Å². The van der Waals surface area contributed by atoms with Crippen LogP contribution in [0.4, 0.5) is 0 Å². The monoisotopic (exact) mass is 222 g/mol. The molecule has 0 fully saturated rings. The summed E-state index contributed by atoms with van der Waals surface area (Å²) in [5.74, 6) is 1.71. The Morgan fingerprint density at radius 2 is 1.94 bits per heavy atom. The number of fused-ring (bicyclic) bond motifs is 1. The summed E-state index contributed by atoms with van der Waals surface area (Å²) >= 11 is 0. The summed E-state index contributed by atoms with van der Waals surface area (Å²) in [5, 5.41) is 3.34. The number of hydrogen-bond donors (Lipinski definition) is 1. The van der Waals surface area contributed by atoms with Gasteiger partial charge in [-0.3, -0.25) is 4.90 Å². The van der Waals surface area contributed by atoms with Crippen molar-refractivity contribution in [1.82, 2.24) is 10.2 Å². The van der Waals surface area contributed by atoms with Crippen LogP contribution >= 0.6 is 0 Å². The largest absolute Gasteiger partial charge is 0.486 e. The fourth-order valence-electron chi connectivity index (χ4n) is 1.62. The standard InChI is InChI=1S/C12H18N2O2/c1-14(2)9-13-8-10-3-4-11-12(7-10)16-6-5-15-11/h3-4,7,13H,5-6,8-9H2,1-2H3. The van der Waals surface area contributed by atoms with Crippen LogP contribution in [0.3, 0.4) is 0 Å². The van der Waals surface area contributed by atoms with Gasteiger partial charge in [-0.25, -0.2) is 0 Å². The molecule has 0 atom stereocenters. The normalized spacial score (nSPS) is 14.2. The lowest BCUT2D eigenvalue weighted by atomic mass is 10.2. The van der Waals surface area contributed by atoms with E-state index in [4.69, 9.17) is 9.47 Å². The topological polar surface area (TPSA) is 33.7 Å². The highest BCUT2D eigenvalue weighted by atomic mass is 16.6. The van der Waals surface area contributed by atoms with E-state index in [9.17, 15) is 0 Å². The molecular weight excluding hydrogens is 204 g/mol. The Kier molecular flexibility index (Phi) is 3.64. The SMILES string of the molecule is CN(C)CNCc1ccc2c(c1)OCCO2. The van der Waals surface area contributed by atoms with E-state index in [2.05, 4.69) is 16.3 Å². The van der Waals surface area contributed by atoms with Crippen molar-refractivity contribution in [3.63, 3.8) is 0 Å². The van der Waals surface area contributed by atoms with Crippen LogP contribution < -0.4 is 14.8 Å². The zero-order chi connectivity index (χ0) is 11.4. The molecule has 0 aromatic heterocycles. The second-order valence-electron chi connectivity index (χ2n) is 4.14. The molecule has 1 aromatic rings. The Morgan fingerprint density at radius 1 is 1.19 bits per heavy atom. The molecule has 0 amide bonds. The van der Waals surface area contributed by atoms with Gasteiger partial charge in [-0.05, 0) is 31.8 Å². The van der Waals surface area contributed by atoms with E-state index in [1.807, 2.05) is 26.2 Å². The minimum atomic E-state index is 0.640. The summed E-state index contributed by atoms with van der Waals surface area (Å²) in [6.45, 7) is 3.00. The van der Waals surface area contributed by atoms with Crippen molar-refractivity contribution in [2.45, 2.75) is 6.54 Å². The van der Waals surface area contributed by atoms with Crippen molar-refractivity contribution < 1.29 is 9.47 Å². The first-order valence-corrected chi connectivity index (χ1v) is 5.49. The minimum Gasteiger partial charge on any atom is -0.486 e. The van der Waals surface area contributed by atoms with E-state index < -0.39 is 0 Å². The van der Waals surface area contributed by atoms with Crippen LogP contribution in [0.5, 0.6) is 11.5 Å². The van der Waals surface area contributed by atoms with Crippen molar-refractivity contribution in [3.05, 3.63) is 23.8 Å². The van der Waals surface area contributed by atoms with Gasteiger partial charge in [-0.1, -0.05) is 6.07 Å². The van der Waals surface area contributed by atoms with Gasteiger partial charge >= 0.3 is 0 Å². The number of rotatable bonds is 4. The molecule has 1 aliphatic heterocycles. The molecule has 0 saturated heterocycles. The maximum atomic E-state index is 5.53. The van der Waals surface area contributed by atoms with Crippen LogP contribution in [0, 0.1) is 0 Å². The average molecular weight is 222 g/mol. The summed E-state index contributed by atoms with van der Waals surface area (Å²) in [5.41, 5.74) is 1.21. The van der Waals surface area contributed by atoms with Crippen molar-refractivity contribution in [3.8, 4) is 11.5 Å². The van der Waals surface area contributed by atoms with Gasteiger partial charge in [-0.2, -0.15) is 0 Å². The maximum Gasteiger partial charge on any atom is 0.161 e. The van der Waals surface area contributed by atoms with E-state index in [0.29, 0.717) is 13.2 Å². The molecule has 16 heavy (non-hydrogen) atoms. The number of hydrogen-bond acceptors (Lipinski definition) is 4. The van der Waals surface area contributed by atoms with Gasteiger partial charge in [0.2, 0.25) is 0 Å². The van der Waals surface area contributed by atoms with Crippen LogP contribution in [0.1, 0.15) is 5.56 Å². The van der Waals surface area contributed by atoms with Gasteiger partial charge in [0.15, 0.2) is 11.5 Å². The zero-order valence-electron chi connectivity index (χ0n) is 9.82. The van der Waals surface area contributed by atoms with Gasteiger partial charge in [-0.15, -0.1) is 0 Å². The molecular formula is C12H18N2O2. The van der Waals surface area contributed by atoms with Gasteiger partial charge in [0.25, 0.3) is 0 Å². The molecule has 0 radical (unpaired) electrons. The summed E-state index contributed by atoms with van der Waals surface area (Å²) in [4.78, 5) is 2.10. The summed E-state index contributed by atoms with van der Waals surface area (Å²) < 4.78 is 11.0. The highest BCUT2D eigenvalue weighted by Crippen LogP contribution is 2.30. The molecule has 1 aliphatic rings. The van der Waals surface area contributed by atoms with E-state index in [-0.39, 0.29) is 0 Å². The fourth-order valence-corrected chi connectivity index (χ4v) is 1.62. The molecule has 1 heterocycles. The summed E-state index contributed by atoms with van der Waals surface area (Å²) in [6, 6.07) is 6.08. The Labute approximate surface area is 96.2 Å². The van der Waals surface area contributed by atoms with Crippen molar-refractivity contribution >= 4 is 0 Å². The maximum absolute atomic E-state index is 5.53. The second kappa shape index (κ2) is 5.18. The highest BCUT2D eigenvalue weighted by molar-refractivity contribution is 5.43. The third-order valence-electron chi connectivity index (χ3n) is 2.36. The van der Waals surface area contributed by atoms with Crippen LogP contribution in [0.25, 0.3) is 0 Å². The lowest BCUT2D eigenvalue weighted by Crippen LogP contribution is -2.27. The van der Waals surface area contributed by atoms with E-state index in [1.165, 1.54) is 5.56 Å². The third-order valence-corrected chi connectivity index (χ3v) is 2.36. The number of nitrogens with zero attached hydrogens (tertiary/aromatic N) is 1. The fraction of sp³-hybridized carbons (Fsp3) is 0.500. The average Bonchev–Trinajstić information content (AvgIpc) is 2.28. The molecule has 2 rings (SSSR count). The predicted molar refractivity (Wildman–Crippen MR) is 62.8 cm³/mol. The molecule has 88 valence electrons. The number of benzene rings is 1. The molecule has 0 aliphatic carbocycles. The van der Waals surface area contributed by atoms with E-state index >= 15 is 0 Å². The van der Waals surface area contributed by atoms with E-state index in [0.717, 1.165) is 24.7 Å². The predicted octanol–water partition coefficient (Wildman–Crippen LogP) is 1.07. The second-order valence-corrected chi connectivity index (χ2v) is 4.14. The zero-order valence-corrected chi connectivity index (χ0v) is 9.82. The van der Waals surface area contributed by atoms with Gasteiger partial charge in [0.1, 0.15) is 13.2 Å². The Balaban J connectivity index is 1.95. The van der Waals surface area contributed by atoms with Crippen LogP contribution in [0.2, 0.25) is 0 Å². The lowest BCUT2D eigenvalue weighted by molar-refractivity contribution is 0.171.